The third-order valence-corrected chi connectivity index (χ3v) is 0.630. The van der Waals surface area contributed by atoms with Crippen LogP contribution in [0.1, 0.15) is 0 Å². The topological polar surface area (TPSA) is 155 Å². The standard InChI is InChI=1S/C2H8N6O3/c3-1(7(4)5)8(6)11-2(9)10/h3H,4-6H2,(H,9,10). The molecule has 9 heteroatoms. The van der Waals surface area contributed by atoms with Crippen molar-refractivity contribution in [3.8, 4) is 0 Å². The molecule has 0 aromatic rings. The summed E-state index contributed by atoms with van der Waals surface area (Å²) in [6.45, 7) is 0. The lowest BCUT2D eigenvalue weighted by atomic mass is 11.0. The number of hydrogen-bond donors (Lipinski definition) is 5. The van der Waals surface area contributed by atoms with Crippen LogP contribution in [0, 0.1) is 5.41 Å². The molecule has 0 aliphatic heterocycles. The van der Waals surface area contributed by atoms with Crippen LogP contribution in [-0.4, -0.2) is 27.5 Å². The Balaban J connectivity index is 3.93. The van der Waals surface area contributed by atoms with E-state index in [0.717, 1.165) is 0 Å². The molecule has 0 aromatic carbocycles. The van der Waals surface area contributed by atoms with E-state index in [0.29, 0.717) is 5.12 Å². The number of nitrogens with zero attached hydrogens (tertiary/aromatic N) is 2. The summed E-state index contributed by atoms with van der Waals surface area (Å²) in [6, 6.07) is 0. The minimum Gasteiger partial charge on any atom is -0.448 e. The SMILES string of the molecule is N=C(N(N)N)N(N)OC(=O)O. The van der Waals surface area contributed by atoms with Crippen LogP contribution < -0.4 is 17.5 Å². The van der Waals surface area contributed by atoms with Crippen molar-refractivity contribution in [2.24, 2.45) is 17.5 Å². The minimum atomic E-state index is -1.67. The van der Waals surface area contributed by atoms with Crippen LogP contribution in [0.5, 0.6) is 0 Å². The Morgan fingerprint density at radius 1 is 1.45 bits per heavy atom. The van der Waals surface area contributed by atoms with Crippen molar-refractivity contribution in [2.45, 2.75) is 0 Å². The molecular weight excluding hydrogens is 156 g/mol. The molecule has 0 spiro atoms. The van der Waals surface area contributed by atoms with Crippen LogP contribution in [0.25, 0.3) is 0 Å². The molecule has 0 heterocycles. The Hall–Kier alpha value is -1.58. The molecule has 0 saturated heterocycles. The lowest BCUT2D eigenvalue weighted by Crippen LogP contribution is -2.54. The Labute approximate surface area is 61.3 Å². The van der Waals surface area contributed by atoms with Crippen LogP contribution in [0.2, 0.25) is 0 Å². The fourth-order valence-electron chi connectivity index (χ4n) is 0.241. The Morgan fingerprint density at radius 2 is 1.91 bits per heavy atom. The summed E-state index contributed by atoms with van der Waals surface area (Å²) in [6.07, 6.45) is -1.67. The highest BCUT2D eigenvalue weighted by Crippen LogP contribution is 1.83. The van der Waals surface area contributed by atoms with Crippen LogP contribution in [0.4, 0.5) is 4.79 Å². The zero-order chi connectivity index (χ0) is 9.02. The molecule has 0 bridgehead atoms. The van der Waals surface area contributed by atoms with Crippen molar-refractivity contribution in [3.63, 3.8) is 0 Å². The van der Waals surface area contributed by atoms with Gasteiger partial charge in [-0.15, -0.1) is 0 Å². The minimum absolute atomic E-state index is 0.0995. The van der Waals surface area contributed by atoms with Crippen molar-refractivity contribution in [2.75, 3.05) is 0 Å². The van der Waals surface area contributed by atoms with Gasteiger partial charge in [-0.2, -0.15) is 0 Å². The van der Waals surface area contributed by atoms with Gasteiger partial charge in [0, 0.05) is 0 Å². The number of guanidine groups is 1. The smallest absolute Gasteiger partial charge is 0.448 e. The maximum absolute atomic E-state index is 9.80. The highest BCUT2D eigenvalue weighted by Gasteiger charge is 2.12. The summed E-state index contributed by atoms with van der Waals surface area (Å²) < 4.78 is 0. The fraction of sp³-hybridized carbons (Fsp3) is 0. The van der Waals surface area contributed by atoms with E-state index in [1.807, 2.05) is 0 Å². The van der Waals surface area contributed by atoms with Gasteiger partial charge >= 0.3 is 6.16 Å². The first kappa shape index (κ1) is 9.42. The number of carboxylic acid groups (broad SMARTS) is 1. The molecule has 0 aliphatic rings. The quantitative estimate of drug-likeness (QED) is 0.116. The van der Waals surface area contributed by atoms with Crippen molar-refractivity contribution >= 4 is 12.1 Å². The highest BCUT2D eigenvalue weighted by molar-refractivity contribution is 5.75. The lowest BCUT2D eigenvalue weighted by molar-refractivity contribution is -0.0740. The molecule has 9 nitrogen and oxygen atoms in total. The van der Waals surface area contributed by atoms with Crippen LogP contribution in [-0.2, 0) is 4.84 Å². The van der Waals surface area contributed by atoms with E-state index < -0.39 is 12.1 Å². The first-order valence-electron chi connectivity index (χ1n) is 2.29. The molecule has 0 rings (SSSR count). The van der Waals surface area contributed by atoms with E-state index in [4.69, 9.17) is 28.0 Å². The number of nitrogens with two attached hydrogens (primary N) is 3. The molecule has 0 amide bonds. The normalized spacial score (nSPS) is 8.64. The largest absolute Gasteiger partial charge is 0.532 e. The fourth-order valence-corrected chi connectivity index (χ4v) is 0.241. The highest BCUT2D eigenvalue weighted by atomic mass is 16.8. The van der Waals surface area contributed by atoms with Gasteiger partial charge in [0.15, 0.2) is 0 Å². The van der Waals surface area contributed by atoms with Gasteiger partial charge in [0.25, 0.3) is 5.96 Å². The zero-order valence-corrected chi connectivity index (χ0v) is 5.39. The maximum atomic E-state index is 9.80. The third kappa shape index (κ3) is 3.20. The lowest BCUT2D eigenvalue weighted by Gasteiger charge is -2.19. The van der Waals surface area contributed by atoms with Crippen molar-refractivity contribution < 1.29 is 14.7 Å². The van der Waals surface area contributed by atoms with E-state index in [9.17, 15) is 4.79 Å². The van der Waals surface area contributed by atoms with Gasteiger partial charge in [0.2, 0.25) is 0 Å². The summed E-state index contributed by atoms with van der Waals surface area (Å²) >= 11 is 0. The Morgan fingerprint density at radius 3 is 2.18 bits per heavy atom. The first-order valence-corrected chi connectivity index (χ1v) is 2.29. The van der Waals surface area contributed by atoms with Gasteiger partial charge in [0.1, 0.15) is 0 Å². The molecule has 0 atom stereocenters. The summed E-state index contributed by atoms with van der Waals surface area (Å²) in [4.78, 5) is 13.6. The van der Waals surface area contributed by atoms with Crippen LogP contribution in [0.15, 0.2) is 0 Å². The predicted molar refractivity (Wildman–Crippen MR) is 33.1 cm³/mol. The molecule has 64 valence electrons. The van der Waals surface area contributed by atoms with E-state index in [2.05, 4.69) is 4.84 Å². The molecule has 0 fully saturated rings. The number of hydrogen-bond acceptors (Lipinski definition) is 6. The maximum Gasteiger partial charge on any atom is 0.532 e. The number of hydrazine groups is 3. The molecule has 0 radical (unpaired) electrons. The molecule has 0 aliphatic carbocycles. The van der Waals surface area contributed by atoms with Gasteiger partial charge in [-0.1, -0.05) is 5.17 Å². The second-order valence-electron chi connectivity index (χ2n) is 1.41. The van der Waals surface area contributed by atoms with Crippen molar-refractivity contribution in [1.29, 1.82) is 5.41 Å². The van der Waals surface area contributed by atoms with Crippen LogP contribution >= 0.6 is 0 Å². The van der Waals surface area contributed by atoms with E-state index in [1.54, 1.807) is 0 Å². The Kier molecular flexibility index (Phi) is 3.04. The van der Waals surface area contributed by atoms with Gasteiger partial charge in [0.05, 0.1) is 0 Å². The summed E-state index contributed by atoms with van der Waals surface area (Å²) in [5, 5.41) is 15.2. The molecular formula is C2H8N6O3. The molecule has 0 aromatic heterocycles. The Bertz CT molecular complexity index is 167. The average Bonchev–Trinajstić information content (AvgIpc) is 1.84. The number of nitrogens with one attached hydrogen (secondary N) is 1. The molecule has 0 saturated carbocycles. The van der Waals surface area contributed by atoms with E-state index >= 15 is 0 Å². The number of rotatable bonds is 0. The summed E-state index contributed by atoms with van der Waals surface area (Å²) in [7, 11) is 0. The molecule has 11 heavy (non-hydrogen) atoms. The summed E-state index contributed by atoms with van der Waals surface area (Å²) in [5.74, 6) is 13.7. The number of hydroxylamine groups is 1. The molecule has 8 N–H and O–H groups in total. The van der Waals surface area contributed by atoms with Gasteiger partial charge in [-0.25, -0.2) is 27.4 Å². The average molecular weight is 164 g/mol. The second kappa shape index (κ2) is 3.55. The van der Waals surface area contributed by atoms with Crippen molar-refractivity contribution in [3.05, 3.63) is 0 Å². The van der Waals surface area contributed by atoms with Gasteiger partial charge in [-0.05, 0) is 0 Å². The zero-order valence-electron chi connectivity index (χ0n) is 5.39. The monoisotopic (exact) mass is 164 g/mol. The first-order chi connectivity index (χ1) is 4.95. The van der Waals surface area contributed by atoms with Gasteiger partial charge < -0.3 is 5.11 Å². The molecule has 0 unspecified atom stereocenters. The van der Waals surface area contributed by atoms with Crippen LogP contribution in [0.3, 0.4) is 0 Å². The third-order valence-electron chi connectivity index (χ3n) is 0.630. The predicted octanol–water partition coefficient (Wildman–Crippen LogP) is -2.24. The number of carbonyl (C=O) groups is 1. The van der Waals surface area contributed by atoms with E-state index in [-0.39, 0.29) is 5.17 Å². The van der Waals surface area contributed by atoms with Gasteiger partial charge in [-0.3, -0.25) is 10.2 Å². The van der Waals surface area contributed by atoms with Crippen molar-refractivity contribution in [1.82, 2.24) is 10.3 Å². The second-order valence-corrected chi connectivity index (χ2v) is 1.41. The van der Waals surface area contributed by atoms with E-state index in [1.165, 1.54) is 0 Å². The summed E-state index contributed by atoms with van der Waals surface area (Å²) in [5.41, 5.74) is 0.